The molecule has 1 heterocycles. The molecule has 1 N–H and O–H groups in total. The van der Waals surface area contributed by atoms with Gasteiger partial charge in [-0.3, -0.25) is 4.79 Å². The van der Waals surface area contributed by atoms with Gasteiger partial charge in [0.1, 0.15) is 5.76 Å². The lowest BCUT2D eigenvalue weighted by Crippen LogP contribution is -2.33. The van der Waals surface area contributed by atoms with Crippen molar-refractivity contribution in [3.05, 3.63) is 52.9 Å². The SMILES string of the molecule is Cc1noc(C)c1CCC(=O)NC(C)CCc1ccccc1. The molecular weight excluding hydrogens is 276 g/mol. The van der Waals surface area contributed by atoms with Gasteiger partial charge in [0.25, 0.3) is 0 Å². The van der Waals surface area contributed by atoms with Crippen LogP contribution in [-0.4, -0.2) is 17.1 Å². The molecule has 0 aliphatic carbocycles. The Morgan fingerprint density at radius 3 is 2.59 bits per heavy atom. The molecule has 118 valence electrons. The van der Waals surface area contributed by atoms with Crippen molar-refractivity contribution in [1.29, 1.82) is 0 Å². The molecule has 0 saturated carbocycles. The number of aromatic nitrogens is 1. The molecule has 1 aromatic heterocycles. The Morgan fingerprint density at radius 2 is 1.95 bits per heavy atom. The van der Waals surface area contributed by atoms with E-state index in [4.69, 9.17) is 4.52 Å². The summed E-state index contributed by atoms with van der Waals surface area (Å²) in [6.07, 6.45) is 3.07. The highest BCUT2D eigenvalue weighted by atomic mass is 16.5. The van der Waals surface area contributed by atoms with Gasteiger partial charge in [-0.1, -0.05) is 35.5 Å². The summed E-state index contributed by atoms with van der Waals surface area (Å²) in [4.78, 5) is 12.0. The number of benzene rings is 1. The lowest BCUT2D eigenvalue weighted by Gasteiger charge is -2.14. The van der Waals surface area contributed by atoms with E-state index in [9.17, 15) is 4.79 Å². The summed E-state index contributed by atoms with van der Waals surface area (Å²) in [5.74, 6) is 0.892. The van der Waals surface area contributed by atoms with Gasteiger partial charge in [0.15, 0.2) is 0 Å². The number of rotatable bonds is 7. The van der Waals surface area contributed by atoms with E-state index in [0.29, 0.717) is 12.8 Å². The number of hydrogen-bond donors (Lipinski definition) is 1. The van der Waals surface area contributed by atoms with Gasteiger partial charge in [-0.2, -0.15) is 0 Å². The van der Waals surface area contributed by atoms with Crippen LogP contribution in [0, 0.1) is 13.8 Å². The van der Waals surface area contributed by atoms with E-state index in [0.717, 1.165) is 29.9 Å². The van der Waals surface area contributed by atoms with Crippen LogP contribution in [0.5, 0.6) is 0 Å². The highest BCUT2D eigenvalue weighted by Gasteiger charge is 2.12. The quantitative estimate of drug-likeness (QED) is 0.853. The highest BCUT2D eigenvalue weighted by Crippen LogP contribution is 2.14. The van der Waals surface area contributed by atoms with Gasteiger partial charge < -0.3 is 9.84 Å². The van der Waals surface area contributed by atoms with Gasteiger partial charge in [-0.05, 0) is 45.6 Å². The Balaban J connectivity index is 1.72. The number of amides is 1. The number of hydrogen-bond acceptors (Lipinski definition) is 3. The van der Waals surface area contributed by atoms with E-state index < -0.39 is 0 Å². The van der Waals surface area contributed by atoms with Gasteiger partial charge in [-0.25, -0.2) is 0 Å². The summed E-state index contributed by atoms with van der Waals surface area (Å²) in [5.41, 5.74) is 3.23. The maximum absolute atomic E-state index is 12.0. The third kappa shape index (κ3) is 4.72. The third-order valence-electron chi connectivity index (χ3n) is 3.90. The molecule has 0 aliphatic rings. The molecule has 2 aromatic rings. The van der Waals surface area contributed by atoms with E-state index in [1.54, 1.807) is 0 Å². The van der Waals surface area contributed by atoms with E-state index in [1.165, 1.54) is 5.56 Å². The van der Waals surface area contributed by atoms with E-state index in [1.807, 2.05) is 32.0 Å². The predicted molar refractivity (Wildman–Crippen MR) is 86.7 cm³/mol. The van der Waals surface area contributed by atoms with Crippen LogP contribution in [0.4, 0.5) is 0 Å². The van der Waals surface area contributed by atoms with Crippen LogP contribution in [0.25, 0.3) is 0 Å². The third-order valence-corrected chi connectivity index (χ3v) is 3.90. The Bertz CT molecular complexity index is 585. The summed E-state index contributed by atoms with van der Waals surface area (Å²) in [6.45, 7) is 5.85. The van der Waals surface area contributed by atoms with Crippen LogP contribution in [0.2, 0.25) is 0 Å². The van der Waals surface area contributed by atoms with Crippen molar-refractivity contribution in [2.24, 2.45) is 0 Å². The first-order valence-corrected chi connectivity index (χ1v) is 7.81. The van der Waals surface area contributed by atoms with E-state index >= 15 is 0 Å². The summed E-state index contributed by atoms with van der Waals surface area (Å²) in [6, 6.07) is 10.5. The highest BCUT2D eigenvalue weighted by molar-refractivity contribution is 5.76. The lowest BCUT2D eigenvalue weighted by atomic mass is 10.1. The second-order valence-electron chi connectivity index (χ2n) is 5.80. The van der Waals surface area contributed by atoms with Crippen LogP contribution < -0.4 is 5.32 Å². The van der Waals surface area contributed by atoms with Crippen LogP contribution in [0.3, 0.4) is 0 Å². The Labute approximate surface area is 131 Å². The second-order valence-corrected chi connectivity index (χ2v) is 5.80. The second kappa shape index (κ2) is 7.78. The van der Waals surface area contributed by atoms with Crippen LogP contribution in [0.1, 0.15) is 42.3 Å². The van der Waals surface area contributed by atoms with Gasteiger partial charge in [0.2, 0.25) is 5.91 Å². The Hall–Kier alpha value is -2.10. The molecule has 0 aliphatic heterocycles. The molecule has 22 heavy (non-hydrogen) atoms. The molecule has 0 bridgehead atoms. The predicted octanol–water partition coefficient (Wildman–Crippen LogP) is 3.36. The van der Waals surface area contributed by atoms with Crippen molar-refractivity contribution in [2.45, 2.75) is 52.5 Å². The number of nitrogens with zero attached hydrogens (tertiary/aromatic N) is 1. The Morgan fingerprint density at radius 1 is 1.23 bits per heavy atom. The number of carbonyl (C=O) groups is 1. The fourth-order valence-electron chi connectivity index (χ4n) is 2.54. The molecule has 1 atom stereocenters. The molecule has 0 saturated heterocycles. The van der Waals surface area contributed by atoms with Crippen molar-refractivity contribution in [3.8, 4) is 0 Å². The average Bonchev–Trinajstić information content (AvgIpc) is 2.83. The summed E-state index contributed by atoms with van der Waals surface area (Å²) < 4.78 is 5.11. The summed E-state index contributed by atoms with van der Waals surface area (Å²) in [5, 5.41) is 6.97. The number of carbonyl (C=O) groups excluding carboxylic acids is 1. The molecular formula is C18H24N2O2. The van der Waals surface area contributed by atoms with Crippen molar-refractivity contribution < 1.29 is 9.32 Å². The first kappa shape index (κ1) is 16.3. The normalized spacial score (nSPS) is 12.1. The maximum Gasteiger partial charge on any atom is 0.220 e. The minimum atomic E-state index is 0.0839. The van der Waals surface area contributed by atoms with Crippen LogP contribution >= 0.6 is 0 Å². The molecule has 0 spiro atoms. The zero-order valence-corrected chi connectivity index (χ0v) is 13.6. The van der Waals surface area contributed by atoms with Crippen molar-refractivity contribution in [2.75, 3.05) is 0 Å². The topological polar surface area (TPSA) is 55.1 Å². The fourth-order valence-corrected chi connectivity index (χ4v) is 2.54. The van der Waals surface area contributed by atoms with Gasteiger partial charge >= 0.3 is 0 Å². The number of nitrogens with one attached hydrogen (secondary N) is 1. The zero-order chi connectivity index (χ0) is 15.9. The molecule has 1 aromatic carbocycles. The molecule has 4 heteroatoms. The number of aryl methyl sites for hydroxylation is 3. The first-order valence-electron chi connectivity index (χ1n) is 7.81. The van der Waals surface area contributed by atoms with E-state index in [-0.39, 0.29) is 11.9 Å². The Kier molecular flexibility index (Phi) is 5.75. The van der Waals surface area contributed by atoms with Gasteiger partial charge in [0, 0.05) is 18.0 Å². The van der Waals surface area contributed by atoms with E-state index in [2.05, 4.69) is 29.5 Å². The zero-order valence-electron chi connectivity index (χ0n) is 13.6. The first-order chi connectivity index (χ1) is 10.6. The fraction of sp³-hybridized carbons (Fsp3) is 0.444. The molecule has 0 fully saturated rings. The van der Waals surface area contributed by atoms with Crippen molar-refractivity contribution >= 4 is 5.91 Å². The standard InChI is InChI=1S/C18H24N2O2/c1-13(9-10-16-7-5-4-6-8-16)19-18(21)12-11-17-14(2)20-22-15(17)3/h4-8,13H,9-12H2,1-3H3,(H,19,21). The molecule has 0 radical (unpaired) electrons. The summed E-state index contributed by atoms with van der Waals surface area (Å²) in [7, 11) is 0. The van der Waals surface area contributed by atoms with Crippen molar-refractivity contribution in [1.82, 2.24) is 10.5 Å². The van der Waals surface area contributed by atoms with Crippen molar-refractivity contribution in [3.63, 3.8) is 0 Å². The molecule has 1 amide bonds. The smallest absolute Gasteiger partial charge is 0.220 e. The lowest BCUT2D eigenvalue weighted by molar-refractivity contribution is -0.121. The van der Waals surface area contributed by atoms with Crippen LogP contribution in [0.15, 0.2) is 34.9 Å². The largest absolute Gasteiger partial charge is 0.361 e. The minimum Gasteiger partial charge on any atom is -0.361 e. The summed E-state index contributed by atoms with van der Waals surface area (Å²) >= 11 is 0. The maximum atomic E-state index is 12.0. The minimum absolute atomic E-state index is 0.0839. The van der Waals surface area contributed by atoms with Gasteiger partial charge in [0.05, 0.1) is 5.69 Å². The monoisotopic (exact) mass is 300 g/mol. The average molecular weight is 300 g/mol. The van der Waals surface area contributed by atoms with Crippen LogP contribution in [-0.2, 0) is 17.6 Å². The van der Waals surface area contributed by atoms with Gasteiger partial charge in [-0.15, -0.1) is 0 Å². The molecule has 1 unspecified atom stereocenters. The molecule has 2 rings (SSSR count). The molecule has 4 nitrogen and oxygen atoms in total.